The van der Waals surface area contributed by atoms with Gasteiger partial charge < -0.3 is 20.1 Å². The van der Waals surface area contributed by atoms with Crippen molar-refractivity contribution in [2.45, 2.75) is 12.5 Å². The van der Waals surface area contributed by atoms with Crippen molar-refractivity contribution >= 4 is 5.97 Å². The van der Waals surface area contributed by atoms with Crippen molar-refractivity contribution in [1.29, 1.82) is 0 Å². The van der Waals surface area contributed by atoms with Crippen LogP contribution in [0.4, 0.5) is 0 Å². The smallest absolute Gasteiger partial charge is 0.306 e. The predicted octanol–water partition coefficient (Wildman–Crippen LogP) is -0.948. The number of ether oxygens (including phenoxy) is 2. The predicted molar refractivity (Wildman–Crippen MR) is 36.4 cm³/mol. The maximum Gasteiger partial charge on any atom is 0.306 e. The Morgan fingerprint density at radius 1 is 1.55 bits per heavy atom. The molecular formula is C6H12O5. The van der Waals surface area contributed by atoms with Crippen LogP contribution in [0.5, 0.6) is 0 Å². The molecule has 0 aromatic heterocycles. The minimum atomic E-state index is -0.837. The van der Waals surface area contributed by atoms with E-state index in [1.165, 1.54) is 0 Å². The monoisotopic (exact) mass is 164 g/mol. The van der Waals surface area contributed by atoms with Gasteiger partial charge in [-0.2, -0.15) is 0 Å². The van der Waals surface area contributed by atoms with Gasteiger partial charge in [-0.15, -0.1) is 0 Å². The number of carbonyl (C=O) groups is 1. The van der Waals surface area contributed by atoms with Crippen LogP contribution in [0.1, 0.15) is 6.42 Å². The molecule has 1 unspecified atom stereocenters. The molecule has 0 bridgehead atoms. The zero-order chi connectivity index (χ0) is 7.40. The summed E-state index contributed by atoms with van der Waals surface area (Å²) >= 11 is 0. The Balaban J connectivity index is 0.000001000. The molecule has 0 amide bonds. The second-order valence-corrected chi connectivity index (χ2v) is 2.17. The highest BCUT2D eigenvalue weighted by atomic mass is 16.6. The average molecular weight is 164 g/mol. The van der Waals surface area contributed by atoms with Gasteiger partial charge in [0, 0.05) is 0 Å². The maximum atomic E-state index is 10.1. The Kier molecular flexibility index (Phi) is 4.76. The highest BCUT2D eigenvalue weighted by Crippen LogP contribution is 2.04. The first kappa shape index (κ1) is 10.3. The fourth-order valence-electron chi connectivity index (χ4n) is 0.849. The van der Waals surface area contributed by atoms with Crippen LogP contribution >= 0.6 is 0 Å². The highest BCUT2D eigenvalue weighted by Gasteiger charge is 2.16. The van der Waals surface area contributed by atoms with Crippen LogP contribution in [0, 0.1) is 0 Å². The van der Waals surface area contributed by atoms with Crippen LogP contribution in [0.3, 0.4) is 0 Å². The molecule has 0 aliphatic carbocycles. The molecule has 0 radical (unpaired) electrons. The average Bonchev–Trinajstić information content (AvgIpc) is 1.88. The zero-order valence-electron chi connectivity index (χ0n) is 6.08. The fourth-order valence-corrected chi connectivity index (χ4v) is 0.849. The van der Waals surface area contributed by atoms with Crippen molar-refractivity contribution in [2.75, 3.05) is 19.8 Å². The highest BCUT2D eigenvalue weighted by molar-refractivity contribution is 5.67. The molecule has 1 aliphatic heterocycles. The lowest BCUT2D eigenvalue weighted by molar-refractivity contribution is -0.146. The number of aliphatic carboxylic acids is 1. The van der Waals surface area contributed by atoms with Crippen molar-refractivity contribution in [3.63, 3.8) is 0 Å². The van der Waals surface area contributed by atoms with Gasteiger partial charge in [0.1, 0.15) is 0 Å². The van der Waals surface area contributed by atoms with Crippen molar-refractivity contribution in [2.24, 2.45) is 0 Å². The van der Waals surface area contributed by atoms with E-state index in [1.54, 1.807) is 0 Å². The fraction of sp³-hybridized carbons (Fsp3) is 0.833. The van der Waals surface area contributed by atoms with E-state index in [1.807, 2.05) is 0 Å². The molecule has 5 heteroatoms. The van der Waals surface area contributed by atoms with Crippen molar-refractivity contribution in [3.05, 3.63) is 0 Å². The van der Waals surface area contributed by atoms with E-state index in [0.29, 0.717) is 19.8 Å². The minimum absolute atomic E-state index is 0. The van der Waals surface area contributed by atoms with Gasteiger partial charge in [0.05, 0.1) is 32.3 Å². The third-order valence-corrected chi connectivity index (χ3v) is 1.29. The molecule has 0 aromatic rings. The summed E-state index contributed by atoms with van der Waals surface area (Å²) in [5.41, 5.74) is 0. The number of carboxylic acid groups (broad SMARTS) is 1. The third kappa shape index (κ3) is 3.92. The van der Waals surface area contributed by atoms with Crippen LogP contribution in [0.25, 0.3) is 0 Å². The van der Waals surface area contributed by atoms with Crippen molar-refractivity contribution < 1.29 is 24.9 Å². The van der Waals surface area contributed by atoms with Gasteiger partial charge in [0.15, 0.2) is 0 Å². The second-order valence-electron chi connectivity index (χ2n) is 2.17. The Bertz CT molecular complexity index is 118. The van der Waals surface area contributed by atoms with Gasteiger partial charge >= 0.3 is 5.97 Å². The summed E-state index contributed by atoms with van der Waals surface area (Å²) < 4.78 is 10.1. The zero-order valence-corrected chi connectivity index (χ0v) is 6.08. The Labute approximate surface area is 64.2 Å². The number of carboxylic acids is 1. The molecule has 1 fully saturated rings. The van der Waals surface area contributed by atoms with Crippen LogP contribution in [0.15, 0.2) is 0 Å². The Hall–Kier alpha value is -0.650. The molecule has 0 spiro atoms. The Morgan fingerprint density at radius 2 is 2.27 bits per heavy atom. The lowest BCUT2D eigenvalue weighted by Gasteiger charge is -2.20. The summed E-state index contributed by atoms with van der Waals surface area (Å²) in [6.07, 6.45) is -0.203. The summed E-state index contributed by atoms with van der Waals surface area (Å²) in [7, 11) is 0. The van der Waals surface area contributed by atoms with Crippen LogP contribution in [-0.2, 0) is 14.3 Å². The molecule has 5 nitrogen and oxygen atoms in total. The van der Waals surface area contributed by atoms with Gasteiger partial charge in [-0.3, -0.25) is 4.79 Å². The molecule has 3 N–H and O–H groups in total. The standard InChI is InChI=1S/C6H10O4.H2O/c7-6(8)3-5-4-9-1-2-10-5;/h5H,1-4H2,(H,7,8);1H2. The minimum Gasteiger partial charge on any atom is -0.481 e. The van der Waals surface area contributed by atoms with Gasteiger partial charge in [-0.25, -0.2) is 0 Å². The molecular weight excluding hydrogens is 152 g/mol. The van der Waals surface area contributed by atoms with E-state index in [2.05, 4.69) is 0 Å². The molecule has 1 heterocycles. The van der Waals surface area contributed by atoms with Gasteiger partial charge in [0.25, 0.3) is 0 Å². The topological polar surface area (TPSA) is 87.3 Å². The Morgan fingerprint density at radius 3 is 2.73 bits per heavy atom. The SMILES string of the molecule is O.O=C(O)CC1COCCO1. The number of hydrogen-bond donors (Lipinski definition) is 1. The van der Waals surface area contributed by atoms with E-state index in [0.717, 1.165) is 0 Å². The van der Waals surface area contributed by atoms with Gasteiger partial charge in [-0.1, -0.05) is 0 Å². The van der Waals surface area contributed by atoms with Crippen LogP contribution in [0.2, 0.25) is 0 Å². The van der Waals surface area contributed by atoms with E-state index in [-0.39, 0.29) is 18.0 Å². The summed E-state index contributed by atoms with van der Waals surface area (Å²) in [4.78, 5) is 10.1. The van der Waals surface area contributed by atoms with Crippen molar-refractivity contribution in [3.8, 4) is 0 Å². The first-order valence-electron chi connectivity index (χ1n) is 3.20. The van der Waals surface area contributed by atoms with Crippen LogP contribution in [-0.4, -0.2) is 42.5 Å². The van der Waals surface area contributed by atoms with E-state index >= 15 is 0 Å². The first-order valence-corrected chi connectivity index (χ1v) is 3.20. The molecule has 0 saturated carbocycles. The molecule has 1 saturated heterocycles. The molecule has 1 atom stereocenters. The number of rotatable bonds is 2. The molecule has 0 aromatic carbocycles. The second kappa shape index (κ2) is 5.06. The van der Waals surface area contributed by atoms with E-state index in [9.17, 15) is 4.79 Å². The van der Waals surface area contributed by atoms with E-state index < -0.39 is 5.97 Å². The lowest BCUT2D eigenvalue weighted by Crippen LogP contribution is -2.30. The number of hydrogen-bond acceptors (Lipinski definition) is 3. The van der Waals surface area contributed by atoms with Crippen LogP contribution < -0.4 is 0 Å². The summed E-state index contributed by atoms with van der Waals surface area (Å²) in [6, 6.07) is 0. The molecule has 11 heavy (non-hydrogen) atoms. The first-order chi connectivity index (χ1) is 4.79. The quantitative estimate of drug-likeness (QED) is 0.570. The summed E-state index contributed by atoms with van der Waals surface area (Å²) in [6.45, 7) is 1.50. The van der Waals surface area contributed by atoms with Gasteiger partial charge in [0.2, 0.25) is 0 Å². The lowest BCUT2D eigenvalue weighted by atomic mass is 10.2. The molecule has 66 valence electrons. The largest absolute Gasteiger partial charge is 0.481 e. The summed E-state index contributed by atoms with van der Waals surface area (Å²) in [5.74, 6) is -0.837. The third-order valence-electron chi connectivity index (χ3n) is 1.29. The molecule has 1 rings (SSSR count). The summed E-state index contributed by atoms with van der Waals surface area (Å²) in [5, 5.41) is 8.33. The van der Waals surface area contributed by atoms with Crippen molar-refractivity contribution in [1.82, 2.24) is 0 Å². The molecule has 1 aliphatic rings. The van der Waals surface area contributed by atoms with E-state index in [4.69, 9.17) is 14.6 Å². The van der Waals surface area contributed by atoms with Gasteiger partial charge in [-0.05, 0) is 0 Å². The normalized spacial score (nSPS) is 23.8. The maximum absolute atomic E-state index is 10.1.